The average Bonchev–Trinajstić information content (AvgIpc) is 2.04. The smallest absolute Gasteiger partial charge is 0.335 e. The van der Waals surface area contributed by atoms with E-state index in [0.29, 0.717) is 0 Å². The van der Waals surface area contributed by atoms with Crippen LogP contribution in [0.1, 0.15) is 20.7 Å². The van der Waals surface area contributed by atoms with Crippen molar-refractivity contribution < 1.29 is 14.7 Å². The number of carbonyl (C=O) groups excluding carboxylic acids is 1. The number of rotatable bonds is 2. The summed E-state index contributed by atoms with van der Waals surface area (Å²) in [4.78, 5) is 21.0. The van der Waals surface area contributed by atoms with Gasteiger partial charge in [-0.05, 0) is 18.2 Å². The zero-order valence-electron chi connectivity index (χ0n) is 6.15. The van der Waals surface area contributed by atoms with E-state index in [9.17, 15) is 9.59 Å². The molecular formula is C8H7NO3. The van der Waals surface area contributed by atoms with Gasteiger partial charge in [-0.2, -0.15) is 0 Å². The number of carboxylic acids is 1. The predicted octanol–water partition coefficient (Wildman–Crippen LogP) is 0.484. The molecule has 0 fully saturated rings. The fourth-order valence-corrected chi connectivity index (χ4v) is 0.805. The van der Waals surface area contributed by atoms with Crippen LogP contribution < -0.4 is 5.73 Å². The van der Waals surface area contributed by atoms with E-state index in [-0.39, 0.29) is 11.1 Å². The van der Waals surface area contributed by atoms with Crippen LogP contribution in [0, 0.1) is 0 Å². The van der Waals surface area contributed by atoms with Crippen LogP contribution in [0.5, 0.6) is 0 Å². The van der Waals surface area contributed by atoms with Gasteiger partial charge in [0.25, 0.3) is 0 Å². The Morgan fingerprint density at radius 1 is 1.25 bits per heavy atom. The molecule has 0 radical (unpaired) electrons. The summed E-state index contributed by atoms with van der Waals surface area (Å²) in [7, 11) is 0. The van der Waals surface area contributed by atoms with Crippen LogP contribution in [0.4, 0.5) is 0 Å². The lowest BCUT2D eigenvalue weighted by Gasteiger charge is -1.96. The highest BCUT2D eigenvalue weighted by Gasteiger charge is 2.05. The lowest BCUT2D eigenvalue weighted by Crippen LogP contribution is -2.11. The molecule has 0 bridgehead atoms. The number of hydrogen-bond acceptors (Lipinski definition) is 2. The third-order valence-electron chi connectivity index (χ3n) is 1.39. The molecule has 0 aliphatic rings. The zero-order chi connectivity index (χ0) is 9.14. The summed E-state index contributed by atoms with van der Waals surface area (Å²) in [6.07, 6.45) is 0. The summed E-state index contributed by atoms with van der Waals surface area (Å²) >= 11 is 0. The summed E-state index contributed by atoms with van der Waals surface area (Å²) in [6, 6.07) is 5.58. The first-order valence-corrected chi connectivity index (χ1v) is 3.24. The summed E-state index contributed by atoms with van der Waals surface area (Å²) in [5.41, 5.74) is 5.22. The van der Waals surface area contributed by atoms with E-state index < -0.39 is 11.9 Å². The van der Waals surface area contributed by atoms with Crippen LogP contribution in [0.3, 0.4) is 0 Å². The standard InChI is InChI=1S/C8H7NO3/c9-7(10)5-2-1-3-6(4-5)8(11)12/h1-4H,(H2,9,10)(H,11,12). The molecule has 62 valence electrons. The number of amides is 1. The first-order valence-electron chi connectivity index (χ1n) is 3.24. The van der Waals surface area contributed by atoms with Crippen molar-refractivity contribution in [3.8, 4) is 0 Å². The molecule has 4 nitrogen and oxygen atoms in total. The number of nitrogens with two attached hydrogens (primary N) is 1. The molecule has 1 aromatic carbocycles. The highest BCUT2D eigenvalue weighted by molar-refractivity contribution is 5.96. The van der Waals surface area contributed by atoms with Crippen LogP contribution in [-0.4, -0.2) is 17.0 Å². The number of aromatic carboxylic acids is 1. The zero-order valence-corrected chi connectivity index (χ0v) is 6.15. The SMILES string of the molecule is NC(=O)c1cccc(C(=O)O)c1. The number of carbonyl (C=O) groups is 2. The molecule has 0 heterocycles. The summed E-state index contributed by atoms with van der Waals surface area (Å²) in [6.45, 7) is 0. The molecule has 12 heavy (non-hydrogen) atoms. The molecular weight excluding hydrogens is 158 g/mol. The maximum atomic E-state index is 10.6. The molecule has 3 N–H and O–H groups in total. The minimum Gasteiger partial charge on any atom is -0.478 e. The molecule has 1 rings (SSSR count). The predicted molar refractivity (Wildman–Crippen MR) is 41.9 cm³/mol. The Bertz CT molecular complexity index is 304. The van der Waals surface area contributed by atoms with Crippen LogP contribution >= 0.6 is 0 Å². The minimum absolute atomic E-state index is 0.0614. The van der Waals surface area contributed by atoms with Crippen molar-refractivity contribution in [1.82, 2.24) is 0 Å². The Kier molecular flexibility index (Phi) is 2.09. The third-order valence-corrected chi connectivity index (χ3v) is 1.39. The van der Waals surface area contributed by atoms with Gasteiger partial charge in [-0.25, -0.2) is 4.79 Å². The van der Waals surface area contributed by atoms with Crippen molar-refractivity contribution in [2.24, 2.45) is 5.73 Å². The summed E-state index contributed by atoms with van der Waals surface area (Å²) in [5.74, 6) is -1.70. The summed E-state index contributed by atoms with van der Waals surface area (Å²) < 4.78 is 0. The van der Waals surface area contributed by atoms with Gasteiger partial charge in [0, 0.05) is 5.56 Å². The monoisotopic (exact) mass is 165 g/mol. The molecule has 1 aromatic rings. The Balaban J connectivity index is 3.12. The lowest BCUT2D eigenvalue weighted by molar-refractivity contribution is 0.0697. The van der Waals surface area contributed by atoms with Gasteiger partial charge in [0.1, 0.15) is 0 Å². The fourth-order valence-electron chi connectivity index (χ4n) is 0.805. The molecule has 0 saturated carbocycles. The molecule has 0 spiro atoms. The van der Waals surface area contributed by atoms with Crippen molar-refractivity contribution in [2.45, 2.75) is 0 Å². The van der Waals surface area contributed by atoms with Gasteiger partial charge >= 0.3 is 5.97 Å². The molecule has 4 heteroatoms. The second kappa shape index (κ2) is 3.04. The summed E-state index contributed by atoms with van der Waals surface area (Å²) in [5, 5.41) is 8.54. The van der Waals surface area contributed by atoms with E-state index in [0.717, 1.165) is 0 Å². The van der Waals surface area contributed by atoms with Gasteiger partial charge in [0.15, 0.2) is 0 Å². The van der Waals surface area contributed by atoms with E-state index in [1.54, 1.807) is 0 Å². The topological polar surface area (TPSA) is 80.4 Å². The molecule has 0 unspecified atom stereocenters. The van der Waals surface area contributed by atoms with Gasteiger partial charge in [0.2, 0.25) is 5.91 Å². The average molecular weight is 165 g/mol. The van der Waals surface area contributed by atoms with E-state index in [1.807, 2.05) is 0 Å². The molecule has 0 aliphatic carbocycles. The van der Waals surface area contributed by atoms with E-state index in [2.05, 4.69) is 0 Å². The Morgan fingerprint density at radius 3 is 2.33 bits per heavy atom. The molecule has 0 atom stereocenters. The van der Waals surface area contributed by atoms with Gasteiger partial charge in [-0.3, -0.25) is 4.79 Å². The maximum Gasteiger partial charge on any atom is 0.335 e. The van der Waals surface area contributed by atoms with Gasteiger partial charge in [-0.15, -0.1) is 0 Å². The normalized spacial score (nSPS) is 9.33. The quantitative estimate of drug-likeness (QED) is 0.668. The Morgan fingerprint density at radius 2 is 1.83 bits per heavy atom. The second-order valence-corrected chi connectivity index (χ2v) is 2.25. The third kappa shape index (κ3) is 1.60. The van der Waals surface area contributed by atoms with Crippen molar-refractivity contribution in [3.05, 3.63) is 35.4 Å². The molecule has 0 aromatic heterocycles. The number of primary amides is 1. The van der Waals surface area contributed by atoms with Crippen molar-refractivity contribution >= 4 is 11.9 Å². The molecule has 0 saturated heterocycles. The highest BCUT2D eigenvalue weighted by atomic mass is 16.4. The lowest BCUT2D eigenvalue weighted by atomic mass is 10.1. The Hall–Kier alpha value is -1.84. The Labute approximate surface area is 68.6 Å². The van der Waals surface area contributed by atoms with Crippen LogP contribution in [0.25, 0.3) is 0 Å². The van der Waals surface area contributed by atoms with Crippen LogP contribution in [0.2, 0.25) is 0 Å². The second-order valence-electron chi connectivity index (χ2n) is 2.25. The first kappa shape index (κ1) is 8.26. The largest absolute Gasteiger partial charge is 0.478 e. The first-order chi connectivity index (χ1) is 5.61. The van der Waals surface area contributed by atoms with Crippen molar-refractivity contribution in [3.63, 3.8) is 0 Å². The minimum atomic E-state index is -1.07. The van der Waals surface area contributed by atoms with Gasteiger partial charge in [-0.1, -0.05) is 6.07 Å². The highest BCUT2D eigenvalue weighted by Crippen LogP contribution is 2.03. The fraction of sp³-hybridized carbons (Fsp3) is 0. The maximum absolute atomic E-state index is 10.6. The van der Waals surface area contributed by atoms with E-state index in [4.69, 9.17) is 10.8 Å². The van der Waals surface area contributed by atoms with Crippen molar-refractivity contribution in [1.29, 1.82) is 0 Å². The van der Waals surface area contributed by atoms with E-state index in [1.165, 1.54) is 24.3 Å². The van der Waals surface area contributed by atoms with Gasteiger partial charge < -0.3 is 10.8 Å². The molecule has 1 amide bonds. The van der Waals surface area contributed by atoms with Crippen LogP contribution in [0.15, 0.2) is 24.3 Å². The number of benzene rings is 1. The number of hydrogen-bond donors (Lipinski definition) is 2. The van der Waals surface area contributed by atoms with E-state index >= 15 is 0 Å². The van der Waals surface area contributed by atoms with Crippen LogP contribution in [-0.2, 0) is 0 Å². The molecule has 0 aliphatic heterocycles. The van der Waals surface area contributed by atoms with Crippen molar-refractivity contribution in [2.75, 3.05) is 0 Å². The number of carboxylic acid groups (broad SMARTS) is 1. The van der Waals surface area contributed by atoms with Gasteiger partial charge in [0.05, 0.1) is 5.56 Å².